The Kier molecular flexibility index (Phi) is 4.34. The van der Waals surface area contributed by atoms with Crippen LogP contribution in [0.1, 0.15) is 22.8 Å². The maximum atomic E-state index is 10.4. The van der Waals surface area contributed by atoms with E-state index in [4.69, 9.17) is 4.74 Å². The molecule has 0 saturated carbocycles. The standard InChI is InChI=1S/C18H18O2S/c1-20-11-13-6-8-14(9-7-13)17(19)10-15-12-21-18-5-3-2-4-16(15)18/h2-9,12,17,19H,10-11H2,1H3. The Hall–Kier alpha value is -1.68. The Morgan fingerprint density at radius 2 is 1.86 bits per heavy atom. The van der Waals surface area contributed by atoms with Gasteiger partial charge in [-0.25, -0.2) is 0 Å². The average molecular weight is 298 g/mol. The van der Waals surface area contributed by atoms with Crippen molar-refractivity contribution in [2.75, 3.05) is 7.11 Å². The van der Waals surface area contributed by atoms with Crippen molar-refractivity contribution < 1.29 is 9.84 Å². The molecule has 0 spiro atoms. The van der Waals surface area contributed by atoms with Gasteiger partial charge >= 0.3 is 0 Å². The van der Waals surface area contributed by atoms with Crippen molar-refractivity contribution in [2.24, 2.45) is 0 Å². The van der Waals surface area contributed by atoms with E-state index in [1.807, 2.05) is 36.4 Å². The van der Waals surface area contributed by atoms with Crippen molar-refractivity contribution in [3.05, 3.63) is 70.6 Å². The molecule has 2 nitrogen and oxygen atoms in total. The molecule has 0 aliphatic heterocycles. The molecule has 3 heteroatoms. The Balaban J connectivity index is 1.77. The van der Waals surface area contributed by atoms with E-state index in [0.717, 1.165) is 11.1 Å². The summed E-state index contributed by atoms with van der Waals surface area (Å²) in [5.74, 6) is 0. The van der Waals surface area contributed by atoms with Crippen molar-refractivity contribution in [3.8, 4) is 0 Å². The third-order valence-electron chi connectivity index (χ3n) is 3.65. The van der Waals surface area contributed by atoms with Crippen molar-refractivity contribution >= 4 is 21.4 Å². The molecule has 0 aliphatic carbocycles. The predicted octanol–water partition coefficient (Wildman–Crippen LogP) is 4.32. The van der Waals surface area contributed by atoms with Crippen LogP contribution in [0.2, 0.25) is 0 Å². The molecule has 1 unspecified atom stereocenters. The Labute approximate surface area is 128 Å². The van der Waals surface area contributed by atoms with Crippen LogP contribution >= 0.6 is 11.3 Å². The maximum Gasteiger partial charge on any atom is 0.0830 e. The van der Waals surface area contributed by atoms with Crippen LogP contribution in [0.5, 0.6) is 0 Å². The second kappa shape index (κ2) is 6.39. The summed E-state index contributed by atoms with van der Waals surface area (Å²) in [7, 11) is 1.68. The lowest BCUT2D eigenvalue weighted by atomic mass is 10.00. The number of hydrogen-bond donors (Lipinski definition) is 1. The van der Waals surface area contributed by atoms with Gasteiger partial charge in [0.15, 0.2) is 0 Å². The highest BCUT2D eigenvalue weighted by Crippen LogP contribution is 2.29. The van der Waals surface area contributed by atoms with Gasteiger partial charge < -0.3 is 9.84 Å². The molecule has 1 heterocycles. The zero-order chi connectivity index (χ0) is 14.7. The molecule has 0 amide bonds. The number of benzene rings is 2. The molecule has 0 fully saturated rings. The number of ether oxygens (including phenoxy) is 1. The first kappa shape index (κ1) is 14.3. The van der Waals surface area contributed by atoms with Crippen LogP contribution in [0, 0.1) is 0 Å². The van der Waals surface area contributed by atoms with E-state index >= 15 is 0 Å². The normalized spacial score (nSPS) is 12.7. The first-order chi connectivity index (χ1) is 10.3. The quantitative estimate of drug-likeness (QED) is 0.760. The summed E-state index contributed by atoms with van der Waals surface area (Å²) in [6.45, 7) is 0.603. The van der Waals surface area contributed by atoms with Crippen LogP contribution in [0.3, 0.4) is 0 Å². The molecule has 21 heavy (non-hydrogen) atoms. The van der Waals surface area contributed by atoms with E-state index < -0.39 is 6.10 Å². The predicted molar refractivity (Wildman–Crippen MR) is 87.6 cm³/mol. The van der Waals surface area contributed by atoms with Crippen molar-refractivity contribution in [1.29, 1.82) is 0 Å². The second-order valence-electron chi connectivity index (χ2n) is 5.15. The van der Waals surface area contributed by atoms with Gasteiger partial charge in [-0.3, -0.25) is 0 Å². The Bertz CT molecular complexity index is 715. The summed E-state index contributed by atoms with van der Waals surface area (Å²) in [6.07, 6.45) is 0.174. The monoisotopic (exact) mass is 298 g/mol. The summed E-state index contributed by atoms with van der Waals surface area (Å²) in [5.41, 5.74) is 3.28. The Morgan fingerprint density at radius 3 is 2.62 bits per heavy atom. The van der Waals surface area contributed by atoms with Gasteiger partial charge in [-0.1, -0.05) is 42.5 Å². The molecule has 3 rings (SSSR count). The molecule has 1 N–H and O–H groups in total. The molecule has 1 aromatic heterocycles. The van der Waals surface area contributed by atoms with E-state index in [2.05, 4.69) is 17.5 Å². The van der Waals surface area contributed by atoms with Crippen molar-refractivity contribution in [1.82, 2.24) is 0 Å². The number of methoxy groups -OCH3 is 1. The fraction of sp³-hybridized carbons (Fsp3) is 0.222. The number of fused-ring (bicyclic) bond motifs is 1. The third-order valence-corrected chi connectivity index (χ3v) is 4.66. The van der Waals surface area contributed by atoms with E-state index in [1.54, 1.807) is 18.4 Å². The number of hydrogen-bond acceptors (Lipinski definition) is 3. The average Bonchev–Trinajstić information content (AvgIpc) is 2.92. The van der Waals surface area contributed by atoms with Gasteiger partial charge in [-0.2, -0.15) is 0 Å². The minimum Gasteiger partial charge on any atom is -0.388 e. The fourth-order valence-electron chi connectivity index (χ4n) is 2.52. The Morgan fingerprint density at radius 1 is 1.10 bits per heavy atom. The lowest BCUT2D eigenvalue weighted by Gasteiger charge is -2.11. The molecular formula is C18H18O2S. The lowest BCUT2D eigenvalue weighted by molar-refractivity contribution is 0.177. The summed E-state index contributed by atoms with van der Waals surface area (Å²) < 4.78 is 6.37. The van der Waals surface area contributed by atoms with Gasteiger partial charge in [0.2, 0.25) is 0 Å². The maximum absolute atomic E-state index is 10.4. The minimum atomic E-state index is -0.473. The first-order valence-electron chi connectivity index (χ1n) is 6.99. The largest absolute Gasteiger partial charge is 0.388 e. The molecular weight excluding hydrogens is 280 g/mol. The van der Waals surface area contributed by atoms with Gasteiger partial charge in [0.05, 0.1) is 12.7 Å². The van der Waals surface area contributed by atoms with E-state index in [-0.39, 0.29) is 0 Å². The number of aliphatic hydroxyl groups excluding tert-OH is 1. The first-order valence-corrected chi connectivity index (χ1v) is 7.87. The summed E-state index contributed by atoms with van der Waals surface area (Å²) in [4.78, 5) is 0. The van der Waals surface area contributed by atoms with Gasteiger partial charge in [0.1, 0.15) is 0 Å². The van der Waals surface area contributed by atoms with Crippen molar-refractivity contribution in [2.45, 2.75) is 19.1 Å². The SMILES string of the molecule is COCc1ccc(C(O)Cc2csc3ccccc23)cc1. The third kappa shape index (κ3) is 3.16. The van der Waals surface area contributed by atoms with Crippen molar-refractivity contribution in [3.63, 3.8) is 0 Å². The zero-order valence-electron chi connectivity index (χ0n) is 12.0. The highest BCUT2D eigenvalue weighted by atomic mass is 32.1. The number of thiophene rings is 1. The summed E-state index contributed by atoms with van der Waals surface area (Å²) in [5, 5.41) is 13.8. The van der Waals surface area contributed by atoms with E-state index in [9.17, 15) is 5.11 Å². The molecule has 0 saturated heterocycles. The highest BCUT2D eigenvalue weighted by molar-refractivity contribution is 7.17. The molecule has 0 radical (unpaired) electrons. The van der Waals surface area contributed by atoms with Crippen LogP contribution in [-0.4, -0.2) is 12.2 Å². The minimum absolute atomic E-state index is 0.473. The van der Waals surface area contributed by atoms with Gasteiger partial charge in [-0.15, -0.1) is 11.3 Å². The van der Waals surface area contributed by atoms with Gasteiger partial charge in [-0.05, 0) is 33.5 Å². The van der Waals surface area contributed by atoms with Gasteiger partial charge in [0.25, 0.3) is 0 Å². The number of aliphatic hydroxyl groups is 1. The van der Waals surface area contributed by atoms with Crippen LogP contribution in [-0.2, 0) is 17.8 Å². The second-order valence-corrected chi connectivity index (χ2v) is 6.06. The van der Waals surface area contributed by atoms with Gasteiger partial charge in [0, 0.05) is 18.2 Å². The van der Waals surface area contributed by atoms with Crippen LogP contribution in [0.25, 0.3) is 10.1 Å². The highest BCUT2D eigenvalue weighted by Gasteiger charge is 2.12. The molecule has 0 aliphatic rings. The lowest BCUT2D eigenvalue weighted by Crippen LogP contribution is -2.01. The molecule has 1 atom stereocenters. The van der Waals surface area contributed by atoms with E-state index in [1.165, 1.54) is 15.6 Å². The van der Waals surface area contributed by atoms with Crippen LogP contribution in [0.15, 0.2) is 53.9 Å². The molecule has 2 aromatic carbocycles. The molecule has 3 aromatic rings. The molecule has 108 valence electrons. The fourth-order valence-corrected chi connectivity index (χ4v) is 3.50. The topological polar surface area (TPSA) is 29.5 Å². The molecule has 0 bridgehead atoms. The summed E-state index contributed by atoms with van der Waals surface area (Å²) in [6, 6.07) is 16.3. The van der Waals surface area contributed by atoms with E-state index in [0.29, 0.717) is 13.0 Å². The zero-order valence-corrected chi connectivity index (χ0v) is 12.8. The smallest absolute Gasteiger partial charge is 0.0830 e. The van der Waals surface area contributed by atoms with Crippen LogP contribution < -0.4 is 0 Å². The summed E-state index contributed by atoms with van der Waals surface area (Å²) >= 11 is 1.73. The van der Waals surface area contributed by atoms with Crippen LogP contribution in [0.4, 0.5) is 0 Å². The number of rotatable bonds is 5.